The van der Waals surface area contributed by atoms with Crippen LogP contribution in [0, 0.1) is 23.6 Å². The van der Waals surface area contributed by atoms with Crippen LogP contribution in [0.1, 0.15) is 38.5 Å². The molecule has 8 heteroatoms. The van der Waals surface area contributed by atoms with E-state index in [-0.39, 0.29) is 11.4 Å². The van der Waals surface area contributed by atoms with Gasteiger partial charge in [-0.25, -0.2) is 19.0 Å². The highest BCUT2D eigenvalue weighted by atomic mass is 19.1. The summed E-state index contributed by atoms with van der Waals surface area (Å²) in [5, 5.41) is 14.4. The van der Waals surface area contributed by atoms with Crippen LogP contribution in [0.25, 0.3) is 11.3 Å². The number of benzene rings is 1. The van der Waals surface area contributed by atoms with Gasteiger partial charge >= 0.3 is 0 Å². The lowest BCUT2D eigenvalue weighted by atomic mass is 9.53. The molecule has 0 unspecified atom stereocenters. The molecule has 4 saturated carbocycles. The van der Waals surface area contributed by atoms with Crippen molar-refractivity contribution in [2.24, 2.45) is 17.8 Å². The Labute approximate surface area is 161 Å². The molecule has 0 atom stereocenters. The number of aromatic nitrogens is 4. The average molecular weight is 380 g/mol. The van der Waals surface area contributed by atoms with Gasteiger partial charge in [0.25, 0.3) is 0 Å². The van der Waals surface area contributed by atoms with Crippen molar-refractivity contribution in [1.82, 2.24) is 20.3 Å². The molecule has 2 N–H and O–H groups in total. The van der Waals surface area contributed by atoms with E-state index >= 15 is 0 Å². The Kier molecular flexibility index (Phi) is 3.39. The molecule has 3 aromatic rings. The minimum Gasteiger partial charge on any atom is -0.361 e. The van der Waals surface area contributed by atoms with E-state index in [1.165, 1.54) is 25.3 Å². The lowest BCUT2D eigenvalue weighted by Crippen LogP contribution is -2.55. The summed E-state index contributed by atoms with van der Waals surface area (Å²) in [6.07, 6.45) is 7.57. The molecule has 0 radical (unpaired) electrons. The summed E-state index contributed by atoms with van der Waals surface area (Å²) >= 11 is 0. The molecule has 4 aliphatic rings. The van der Waals surface area contributed by atoms with Crippen molar-refractivity contribution in [2.45, 2.75) is 44.1 Å². The topological polar surface area (TPSA) is 88.8 Å². The monoisotopic (exact) mass is 380 g/mol. The molecule has 0 spiro atoms. The molecular formula is C20H21FN6O. The molecule has 2 aromatic heterocycles. The van der Waals surface area contributed by atoms with Gasteiger partial charge in [-0.3, -0.25) is 0 Å². The summed E-state index contributed by atoms with van der Waals surface area (Å²) in [5.41, 5.74) is 1.04. The van der Waals surface area contributed by atoms with E-state index in [0.29, 0.717) is 28.6 Å². The van der Waals surface area contributed by atoms with Crippen molar-refractivity contribution in [3.8, 4) is 0 Å². The molecule has 0 saturated heterocycles. The SMILES string of the molecule is Fc1ccccc1Nc1nc2nonc2nc1NC12CC3CC(CC(C3)C1)C2. The van der Waals surface area contributed by atoms with Gasteiger partial charge in [0.1, 0.15) is 5.82 Å². The average Bonchev–Trinajstić information content (AvgIpc) is 3.09. The number of rotatable bonds is 4. The van der Waals surface area contributed by atoms with Crippen molar-refractivity contribution in [2.75, 3.05) is 10.6 Å². The summed E-state index contributed by atoms with van der Waals surface area (Å²) in [7, 11) is 0. The number of hydrogen-bond donors (Lipinski definition) is 2. The fourth-order valence-corrected chi connectivity index (χ4v) is 6.02. The number of halogens is 1. The number of fused-ring (bicyclic) bond motifs is 1. The van der Waals surface area contributed by atoms with Gasteiger partial charge in [-0.1, -0.05) is 12.1 Å². The quantitative estimate of drug-likeness (QED) is 0.698. The first-order chi connectivity index (χ1) is 13.7. The second kappa shape index (κ2) is 5.86. The predicted octanol–water partition coefficient (Wildman–Crippen LogP) is 4.28. The molecule has 7 nitrogen and oxygen atoms in total. The number of nitrogens with one attached hydrogen (secondary N) is 2. The summed E-state index contributed by atoms with van der Waals surface area (Å²) in [6, 6.07) is 6.53. The van der Waals surface area contributed by atoms with Crippen LogP contribution in [0.2, 0.25) is 0 Å². The smallest absolute Gasteiger partial charge is 0.245 e. The van der Waals surface area contributed by atoms with Gasteiger partial charge in [-0.2, -0.15) is 0 Å². The van der Waals surface area contributed by atoms with Gasteiger partial charge in [-0.15, -0.1) is 0 Å². The molecule has 0 amide bonds. The normalized spacial score (nSPS) is 30.7. The van der Waals surface area contributed by atoms with Crippen LogP contribution in [-0.2, 0) is 0 Å². The van der Waals surface area contributed by atoms with Gasteiger partial charge in [0.15, 0.2) is 11.6 Å². The fraction of sp³-hybridized carbons (Fsp3) is 0.500. The lowest BCUT2D eigenvalue weighted by molar-refractivity contribution is 0.0106. The molecule has 28 heavy (non-hydrogen) atoms. The molecule has 4 aliphatic carbocycles. The van der Waals surface area contributed by atoms with Gasteiger partial charge < -0.3 is 10.6 Å². The fourth-order valence-electron chi connectivity index (χ4n) is 6.02. The van der Waals surface area contributed by atoms with E-state index in [9.17, 15) is 4.39 Å². The zero-order valence-electron chi connectivity index (χ0n) is 15.4. The van der Waals surface area contributed by atoms with Crippen LogP contribution < -0.4 is 10.6 Å². The number of anilines is 3. The zero-order valence-corrected chi connectivity index (χ0v) is 15.4. The first-order valence-corrected chi connectivity index (χ1v) is 9.96. The van der Waals surface area contributed by atoms with E-state index in [0.717, 1.165) is 37.0 Å². The molecule has 0 aliphatic heterocycles. The minimum absolute atomic E-state index is 0.0416. The van der Waals surface area contributed by atoms with E-state index in [4.69, 9.17) is 4.63 Å². The first kappa shape index (κ1) is 16.2. The van der Waals surface area contributed by atoms with E-state index in [1.807, 2.05) is 0 Å². The summed E-state index contributed by atoms with van der Waals surface area (Å²) in [4.78, 5) is 9.11. The van der Waals surface area contributed by atoms with Crippen molar-refractivity contribution >= 4 is 28.6 Å². The molecule has 2 heterocycles. The summed E-state index contributed by atoms with van der Waals surface area (Å²) in [5.74, 6) is 3.09. The Hall–Kier alpha value is -2.77. The molecular weight excluding hydrogens is 359 g/mol. The second-order valence-corrected chi connectivity index (χ2v) is 8.76. The van der Waals surface area contributed by atoms with Gasteiger partial charge in [0.2, 0.25) is 11.3 Å². The molecule has 7 rings (SSSR count). The van der Waals surface area contributed by atoms with Crippen molar-refractivity contribution in [3.05, 3.63) is 30.1 Å². The zero-order chi connectivity index (χ0) is 18.7. The predicted molar refractivity (Wildman–Crippen MR) is 102 cm³/mol. The Morgan fingerprint density at radius 2 is 1.50 bits per heavy atom. The Balaban J connectivity index is 1.39. The third-order valence-corrected chi connectivity index (χ3v) is 6.66. The summed E-state index contributed by atoms with van der Waals surface area (Å²) < 4.78 is 19.0. The van der Waals surface area contributed by atoms with E-state index < -0.39 is 0 Å². The maximum absolute atomic E-state index is 14.2. The minimum atomic E-state index is -0.344. The van der Waals surface area contributed by atoms with Gasteiger partial charge in [0, 0.05) is 5.54 Å². The standard InChI is InChI=1S/C20H21FN6O/c21-14-3-1-2-4-15(14)22-16-17(24-19-18(23-16)26-28-27-19)25-20-8-11-5-12(9-20)7-13(6-11)10-20/h1-4,11-13H,5-10H2,(H,22,23,26)(H,24,25,27). The molecule has 144 valence electrons. The maximum Gasteiger partial charge on any atom is 0.245 e. The van der Waals surface area contributed by atoms with Crippen LogP contribution in [0.3, 0.4) is 0 Å². The van der Waals surface area contributed by atoms with Crippen molar-refractivity contribution in [1.29, 1.82) is 0 Å². The first-order valence-electron chi connectivity index (χ1n) is 9.96. The van der Waals surface area contributed by atoms with Crippen molar-refractivity contribution < 1.29 is 9.02 Å². The van der Waals surface area contributed by atoms with Crippen LogP contribution in [0.5, 0.6) is 0 Å². The third kappa shape index (κ3) is 2.62. The molecule has 1 aromatic carbocycles. The van der Waals surface area contributed by atoms with Crippen LogP contribution in [0.15, 0.2) is 28.9 Å². The third-order valence-electron chi connectivity index (χ3n) is 6.66. The molecule has 4 bridgehead atoms. The summed E-state index contributed by atoms with van der Waals surface area (Å²) in [6.45, 7) is 0. The Morgan fingerprint density at radius 3 is 2.14 bits per heavy atom. The highest BCUT2D eigenvalue weighted by Gasteiger charge is 2.51. The van der Waals surface area contributed by atoms with E-state index in [1.54, 1.807) is 18.2 Å². The maximum atomic E-state index is 14.2. The van der Waals surface area contributed by atoms with Gasteiger partial charge in [-0.05, 0) is 78.7 Å². The lowest BCUT2D eigenvalue weighted by Gasteiger charge is -2.57. The van der Waals surface area contributed by atoms with Crippen LogP contribution in [-0.4, -0.2) is 25.8 Å². The van der Waals surface area contributed by atoms with E-state index in [2.05, 4.69) is 30.9 Å². The largest absolute Gasteiger partial charge is 0.361 e. The second-order valence-electron chi connectivity index (χ2n) is 8.76. The number of hydrogen-bond acceptors (Lipinski definition) is 7. The molecule has 4 fully saturated rings. The van der Waals surface area contributed by atoms with Crippen LogP contribution in [0.4, 0.5) is 21.7 Å². The number of nitrogens with zero attached hydrogens (tertiary/aromatic N) is 4. The Morgan fingerprint density at radius 1 is 0.893 bits per heavy atom. The van der Waals surface area contributed by atoms with Crippen molar-refractivity contribution in [3.63, 3.8) is 0 Å². The highest BCUT2D eigenvalue weighted by molar-refractivity contribution is 5.76. The Bertz CT molecular complexity index is 1010. The van der Waals surface area contributed by atoms with Crippen LogP contribution >= 0.6 is 0 Å². The highest BCUT2D eigenvalue weighted by Crippen LogP contribution is 2.56. The number of para-hydroxylation sites is 1. The van der Waals surface area contributed by atoms with Gasteiger partial charge in [0.05, 0.1) is 5.69 Å².